The summed E-state index contributed by atoms with van der Waals surface area (Å²) in [6.07, 6.45) is 11.4. The molecule has 0 bridgehead atoms. The summed E-state index contributed by atoms with van der Waals surface area (Å²) in [6, 6.07) is 0. The second-order valence-corrected chi connectivity index (χ2v) is 13.6. The molecule has 2 amide bonds. The van der Waals surface area contributed by atoms with Gasteiger partial charge in [0.1, 0.15) is 19.7 Å². The van der Waals surface area contributed by atoms with E-state index in [0.717, 1.165) is 31.5 Å². The zero-order chi connectivity index (χ0) is 39.5. The number of carbonyl (C=O) groups excluding carboxylic acids is 2. The number of aliphatic hydroxyl groups excluding tert-OH is 1. The highest BCUT2D eigenvalue weighted by molar-refractivity contribution is 5.76. The molecule has 2 saturated heterocycles. The van der Waals surface area contributed by atoms with E-state index in [0.29, 0.717) is 122 Å². The molecular weight excluding hydrogens is 762 g/mol. The van der Waals surface area contributed by atoms with Crippen LogP contribution < -0.4 is 33.3 Å². The minimum Gasteiger partial charge on any atom is -1.00 e. The van der Waals surface area contributed by atoms with Gasteiger partial charge in [-0.1, -0.05) is 16.3 Å². The van der Waals surface area contributed by atoms with Crippen LogP contribution in [0.5, 0.6) is 0 Å². The molecule has 0 radical (unpaired) electrons. The standard InChI is InChI=1S/C35H55N15O6.ClH/c1-3-17-54-19-21-56-22-20-55-18-8-37-33-38-34(47-13-9-45(10-14-47)31(52)26-49-24-29(41-43-49)6-4-5-7-36)40-35(39-33)48-15-11-46(12-16-48)32(53)27-50-25-30(42-44-50)23-28(2)51;/h1,24-25,28,51H,4-23,26-27,36H2,2H3,(H,37,38,39,40);1H. The number of aromatic nitrogens is 9. The Morgan fingerprint density at radius 3 is 1.88 bits per heavy atom. The van der Waals surface area contributed by atoms with Gasteiger partial charge in [0.05, 0.1) is 57.1 Å². The molecular formula is C35H56ClN15O6. The highest BCUT2D eigenvalue weighted by atomic mass is 35.5. The minimum atomic E-state index is -0.539. The number of unbranched alkanes of at least 4 members (excludes halogenated alkanes) is 1. The Balaban J connectivity index is 0.00000720. The zero-order valence-electron chi connectivity index (χ0n) is 32.8. The van der Waals surface area contributed by atoms with E-state index in [1.54, 1.807) is 22.7 Å². The maximum Gasteiger partial charge on any atom is 0.244 e. The van der Waals surface area contributed by atoms with Gasteiger partial charge in [0, 0.05) is 77.7 Å². The normalized spacial score (nSPS) is 15.0. The van der Waals surface area contributed by atoms with Crippen LogP contribution in [0.3, 0.4) is 0 Å². The molecule has 22 heteroatoms. The number of hydrogen-bond acceptors (Lipinski definition) is 16. The van der Waals surface area contributed by atoms with E-state index < -0.39 is 6.10 Å². The number of carbonyl (C=O) groups is 2. The summed E-state index contributed by atoms with van der Waals surface area (Å²) >= 11 is 0. The van der Waals surface area contributed by atoms with E-state index in [4.69, 9.17) is 35.6 Å². The number of halogens is 1. The number of anilines is 3. The number of hydrogen-bond donors (Lipinski definition) is 3. The molecule has 2 aliphatic heterocycles. The molecule has 314 valence electrons. The summed E-state index contributed by atoms with van der Waals surface area (Å²) in [5.41, 5.74) is 5.40. The average molecular weight is 818 g/mol. The third-order valence-corrected chi connectivity index (χ3v) is 9.11. The van der Waals surface area contributed by atoms with Crippen LogP contribution in [-0.2, 0) is 49.7 Å². The van der Waals surface area contributed by atoms with Crippen molar-refractivity contribution >= 4 is 29.7 Å². The molecule has 0 aromatic carbocycles. The Hall–Kier alpha value is -4.72. The summed E-state index contributed by atoms with van der Waals surface area (Å²) in [7, 11) is 0. The molecule has 57 heavy (non-hydrogen) atoms. The van der Waals surface area contributed by atoms with Crippen molar-refractivity contribution < 1.29 is 47.0 Å². The van der Waals surface area contributed by atoms with Crippen LogP contribution in [0, 0.1) is 12.3 Å². The van der Waals surface area contributed by atoms with Gasteiger partial charge in [0.15, 0.2) is 0 Å². The molecule has 5 heterocycles. The number of piperazine rings is 2. The quantitative estimate of drug-likeness (QED) is 0.0598. The number of nitrogens with zero attached hydrogens (tertiary/aromatic N) is 13. The number of aryl methyl sites for hydroxylation is 1. The SMILES string of the molecule is C#CCOCCOCCOCCNc1nc(N2CCN(C(=O)Cn3cc(CCCC[NH3+])nn3)CC2)nc(N2CCN(C(=O)Cn3cc(CC(C)O)nn3)CC2)n1.[Cl-]. The van der Waals surface area contributed by atoms with Crippen LogP contribution in [0.15, 0.2) is 12.4 Å². The van der Waals surface area contributed by atoms with Gasteiger partial charge in [-0.3, -0.25) is 9.59 Å². The van der Waals surface area contributed by atoms with E-state index in [-0.39, 0.29) is 43.9 Å². The molecule has 5 rings (SSSR count). The monoisotopic (exact) mass is 817 g/mol. The smallest absolute Gasteiger partial charge is 0.244 e. The maximum atomic E-state index is 13.2. The van der Waals surface area contributed by atoms with Crippen molar-refractivity contribution in [1.82, 2.24) is 54.7 Å². The van der Waals surface area contributed by atoms with Crippen molar-refractivity contribution in [3.8, 4) is 12.3 Å². The van der Waals surface area contributed by atoms with Crippen molar-refractivity contribution in [2.45, 2.75) is 51.8 Å². The third-order valence-electron chi connectivity index (χ3n) is 9.11. The average Bonchev–Trinajstić information content (AvgIpc) is 3.85. The number of aliphatic hydroxyl groups is 1. The van der Waals surface area contributed by atoms with Gasteiger partial charge >= 0.3 is 0 Å². The number of amides is 2. The molecule has 21 nitrogen and oxygen atoms in total. The Bertz CT molecular complexity index is 1690. The lowest BCUT2D eigenvalue weighted by Gasteiger charge is -2.36. The van der Waals surface area contributed by atoms with Gasteiger partial charge in [-0.15, -0.1) is 16.6 Å². The minimum absolute atomic E-state index is 0. The van der Waals surface area contributed by atoms with Crippen LogP contribution >= 0.6 is 0 Å². The Morgan fingerprint density at radius 1 is 0.807 bits per heavy atom. The Kier molecular flexibility index (Phi) is 19.1. The molecule has 1 atom stereocenters. The van der Waals surface area contributed by atoms with Crippen molar-refractivity contribution in [2.24, 2.45) is 0 Å². The van der Waals surface area contributed by atoms with Gasteiger partial charge in [-0.2, -0.15) is 15.0 Å². The fourth-order valence-electron chi connectivity index (χ4n) is 6.14. The molecule has 1 unspecified atom stereocenters. The van der Waals surface area contributed by atoms with Crippen LogP contribution in [-0.4, -0.2) is 183 Å². The predicted molar refractivity (Wildman–Crippen MR) is 203 cm³/mol. The lowest BCUT2D eigenvalue weighted by molar-refractivity contribution is -0.368. The van der Waals surface area contributed by atoms with Crippen LogP contribution in [0.4, 0.5) is 17.8 Å². The summed E-state index contributed by atoms with van der Waals surface area (Å²) in [5, 5.41) is 29.4. The van der Waals surface area contributed by atoms with Gasteiger partial charge in [-0.25, -0.2) is 9.36 Å². The largest absolute Gasteiger partial charge is 1.00 e. The first-order valence-electron chi connectivity index (χ1n) is 19.3. The van der Waals surface area contributed by atoms with Crippen molar-refractivity contribution in [3.05, 3.63) is 23.8 Å². The first kappa shape index (κ1) is 45.0. The van der Waals surface area contributed by atoms with Crippen LogP contribution in [0.2, 0.25) is 0 Å². The first-order chi connectivity index (χ1) is 27.3. The molecule has 3 aromatic heterocycles. The van der Waals surface area contributed by atoms with E-state index >= 15 is 0 Å². The van der Waals surface area contributed by atoms with Crippen molar-refractivity contribution in [2.75, 3.05) is 120 Å². The molecule has 0 saturated carbocycles. The topological polar surface area (TPSA) is 235 Å². The molecule has 5 N–H and O–H groups in total. The van der Waals surface area contributed by atoms with Crippen LogP contribution in [0.1, 0.15) is 31.2 Å². The fourth-order valence-corrected chi connectivity index (χ4v) is 6.14. The van der Waals surface area contributed by atoms with E-state index in [1.165, 1.54) is 4.68 Å². The van der Waals surface area contributed by atoms with E-state index in [2.05, 4.69) is 42.5 Å². The van der Waals surface area contributed by atoms with Gasteiger partial charge in [0.2, 0.25) is 29.7 Å². The second-order valence-electron chi connectivity index (χ2n) is 13.6. The van der Waals surface area contributed by atoms with E-state index in [1.807, 2.05) is 16.0 Å². The van der Waals surface area contributed by atoms with Gasteiger partial charge in [-0.05, 0) is 26.2 Å². The van der Waals surface area contributed by atoms with Crippen molar-refractivity contribution in [1.29, 1.82) is 0 Å². The molecule has 0 aliphatic carbocycles. The summed E-state index contributed by atoms with van der Waals surface area (Å²) in [4.78, 5) is 48.4. The van der Waals surface area contributed by atoms with Gasteiger partial charge in [0.25, 0.3) is 0 Å². The van der Waals surface area contributed by atoms with E-state index in [9.17, 15) is 14.7 Å². The number of ether oxygens (including phenoxy) is 3. The van der Waals surface area contributed by atoms with Gasteiger partial charge < -0.3 is 62.4 Å². The summed E-state index contributed by atoms with van der Waals surface area (Å²) in [6.45, 7) is 9.75. The highest BCUT2D eigenvalue weighted by Crippen LogP contribution is 2.20. The molecule has 2 fully saturated rings. The number of rotatable bonds is 23. The Morgan fingerprint density at radius 2 is 1.33 bits per heavy atom. The maximum absolute atomic E-state index is 13.2. The summed E-state index contributed by atoms with van der Waals surface area (Å²) < 4.78 is 19.5. The second kappa shape index (κ2) is 24.1. The number of quaternary nitrogens is 1. The zero-order valence-corrected chi connectivity index (χ0v) is 33.5. The lowest BCUT2D eigenvalue weighted by atomic mass is 10.2. The molecule has 2 aliphatic rings. The third kappa shape index (κ3) is 14.9. The summed E-state index contributed by atoms with van der Waals surface area (Å²) in [5.74, 6) is 3.74. The highest BCUT2D eigenvalue weighted by Gasteiger charge is 2.27. The Labute approximate surface area is 339 Å². The predicted octanol–water partition coefficient (Wildman–Crippen LogP) is -5.66. The molecule has 0 spiro atoms. The lowest BCUT2D eigenvalue weighted by Crippen LogP contribution is -3.00. The number of terminal acetylenes is 1. The molecule has 3 aromatic rings. The fraction of sp³-hybridized carbons (Fsp3) is 0.686. The van der Waals surface area contributed by atoms with Crippen LogP contribution in [0.25, 0.3) is 0 Å². The van der Waals surface area contributed by atoms with Crippen molar-refractivity contribution in [3.63, 3.8) is 0 Å². The number of nitrogens with one attached hydrogen (secondary N) is 1. The first-order valence-corrected chi connectivity index (χ1v) is 19.3.